The number of fused-ring (bicyclic) bond motifs is 1. The van der Waals surface area contributed by atoms with Crippen LogP contribution in [-0.4, -0.2) is 79.2 Å². The lowest BCUT2D eigenvalue weighted by Gasteiger charge is -2.37. The van der Waals surface area contributed by atoms with Gasteiger partial charge in [0, 0.05) is 86.7 Å². The molecule has 2 fully saturated rings. The number of benzene rings is 2. The summed E-state index contributed by atoms with van der Waals surface area (Å²) in [5.41, 5.74) is 5.35. The summed E-state index contributed by atoms with van der Waals surface area (Å²) in [5, 5.41) is 14.1. The first-order chi connectivity index (χ1) is 17.1. The molecule has 2 N–H and O–H groups in total. The Morgan fingerprint density at radius 3 is 2.54 bits per heavy atom. The molecule has 2 aliphatic heterocycles. The SMILES string of the molecule is CC(C)N1CCN(CCNC2CCN(c3cccc(-c4cc5cc(C#N)ccc5[nH]4)c3)CC2)CC1. The van der Waals surface area contributed by atoms with E-state index in [1.54, 1.807) is 0 Å². The second kappa shape index (κ2) is 10.8. The predicted octanol–water partition coefficient (Wildman–Crippen LogP) is 4.29. The third kappa shape index (κ3) is 5.70. The molecule has 2 saturated heterocycles. The number of H-pyrrole nitrogens is 1. The lowest BCUT2D eigenvalue weighted by atomic mass is 10.0. The molecule has 2 aromatic carbocycles. The molecule has 3 heterocycles. The van der Waals surface area contributed by atoms with Gasteiger partial charge in [-0.3, -0.25) is 9.80 Å². The second-order valence-electron chi connectivity index (χ2n) is 10.3. The molecule has 1 aromatic heterocycles. The average molecular weight is 471 g/mol. The second-order valence-corrected chi connectivity index (χ2v) is 10.3. The van der Waals surface area contributed by atoms with E-state index in [2.05, 4.69) is 75.2 Å². The highest BCUT2D eigenvalue weighted by atomic mass is 15.3. The molecule has 0 bridgehead atoms. The number of aromatic nitrogens is 1. The lowest BCUT2D eigenvalue weighted by molar-refractivity contribution is 0.108. The van der Waals surface area contributed by atoms with Crippen molar-refractivity contribution >= 4 is 16.6 Å². The Morgan fingerprint density at radius 1 is 1.00 bits per heavy atom. The number of rotatable bonds is 7. The minimum Gasteiger partial charge on any atom is -0.371 e. The van der Waals surface area contributed by atoms with Crippen LogP contribution in [0, 0.1) is 11.3 Å². The summed E-state index contributed by atoms with van der Waals surface area (Å²) < 4.78 is 0. The summed E-state index contributed by atoms with van der Waals surface area (Å²) in [6, 6.07) is 20.3. The first-order valence-corrected chi connectivity index (χ1v) is 13.2. The Hall–Kier alpha value is -2.85. The summed E-state index contributed by atoms with van der Waals surface area (Å²) in [6.45, 7) is 13.8. The van der Waals surface area contributed by atoms with Gasteiger partial charge in [0.1, 0.15) is 0 Å². The van der Waals surface area contributed by atoms with Crippen molar-refractivity contribution in [2.45, 2.75) is 38.8 Å². The van der Waals surface area contributed by atoms with E-state index < -0.39 is 0 Å². The molecule has 0 aliphatic carbocycles. The molecule has 0 saturated carbocycles. The third-order valence-electron chi connectivity index (χ3n) is 7.77. The van der Waals surface area contributed by atoms with Gasteiger partial charge >= 0.3 is 0 Å². The van der Waals surface area contributed by atoms with E-state index in [0.717, 1.165) is 42.8 Å². The Morgan fingerprint density at radius 2 is 1.80 bits per heavy atom. The van der Waals surface area contributed by atoms with Gasteiger partial charge < -0.3 is 15.2 Å². The van der Waals surface area contributed by atoms with Gasteiger partial charge in [-0.15, -0.1) is 0 Å². The van der Waals surface area contributed by atoms with Crippen molar-refractivity contribution in [1.82, 2.24) is 20.1 Å². The average Bonchev–Trinajstić information content (AvgIpc) is 3.33. The van der Waals surface area contributed by atoms with Crippen LogP contribution in [0.2, 0.25) is 0 Å². The van der Waals surface area contributed by atoms with Gasteiger partial charge in [0.05, 0.1) is 11.6 Å². The summed E-state index contributed by atoms with van der Waals surface area (Å²) >= 11 is 0. The van der Waals surface area contributed by atoms with Gasteiger partial charge in [-0.05, 0) is 68.7 Å². The number of nitrogens with zero attached hydrogens (tertiary/aromatic N) is 4. The molecule has 6 nitrogen and oxygen atoms in total. The number of nitrogens with one attached hydrogen (secondary N) is 2. The number of aromatic amines is 1. The number of hydrogen-bond acceptors (Lipinski definition) is 5. The Bertz CT molecular complexity index is 1160. The molecule has 2 aliphatic rings. The fraction of sp³-hybridized carbons (Fsp3) is 0.483. The standard InChI is InChI=1S/C29H38N6/c1-22(2)34-16-14-33(15-17-34)13-10-31-26-8-11-35(12-9-26)27-5-3-4-24(19-27)29-20-25-18-23(21-30)6-7-28(25)32-29/h3-7,18-20,22,26,31-32H,8-17H2,1-2H3. The van der Waals surface area contributed by atoms with Crippen LogP contribution in [0.25, 0.3) is 22.2 Å². The predicted molar refractivity (Wildman–Crippen MR) is 145 cm³/mol. The molecule has 0 radical (unpaired) electrons. The fourth-order valence-corrected chi connectivity index (χ4v) is 5.50. The highest BCUT2D eigenvalue weighted by molar-refractivity contribution is 5.87. The molecule has 0 unspecified atom stereocenters. The van der Waals surface area contributed by atoms with Crippen molar-refractivity contribution in [2.24, 2.45) is 0 Å². The van der Waals surface area contributed by atoms with Gasteiger partial charge in [-0.25, -0.2) is 0 Å². The maximum atomic E-state index is 9.18. The quantitative estimate of drug-likeness (QED) is 0.539. The van der Waals surface area contributed by atoms with Gasteiger partial charge in [0.15, 0.2) is 0 Å². The van der Waals surface area contributed by atoms with Gasteiger partial charge in [0.2, 0.25) is 0 Å². The van der Waals surface area contributed by atoms with Crippen molar-refractivity contribution in [2.75, 3.05) is 57.3 Å². The van der Waals surface area contributed by atoms with E-state index in [4.69, 9.17) is 0 Å². The van der Waals surface area contributed by atoms with Crippen molar-refractivity contribution < 1.29 is 0 Å². The van der Waals surface area contributed by atoms with Crippen LogP contribution >= 0.6 is 0 Å². The lowest BCUT2D eigenvalue weighted by Crippen LogP contribution is -2.51. The van der Waals surface area contributed by atoms with E-state index in [9.17, 15) is 5.26 Å². The van der Waals surface area contributed by atoms with E-state index in [-0.39, 0.29) is 0 Å². The van der Waals surface area contributed by atoms with E-state index in [1.807, 2.05) is 18.2 Å². The zero-order chi connectivity index (χ0) is 24.2. The van der Waals surface area contributed by atoms with Crippen LogP contribution in [0.5, 0.6) is 0 Å². The van der Waals surface area contributed by atoms with Crippen molar-refractivity contribution in [3.05, 3.63) is 54.1 Å². The molecule has 35 heavy (non-hydrogen) atoms. The fourth-order valence-electron chi connectivity index (χ4n) is 5.50. The van der Waals surface area contributed by atoms with Crippen LogP contribution in [-0.2, 0) is 0 Å². The Kier molecular flexibility index (Phi) is 7.38. The molecule has 0 spiro atoms. The number of hydrogen-bond donors (Lipinski definition) is 2. The maximum absolute atomic E-state index is 9.18. The molecular weight excluding hydrogens is 432 g/mol. The third-order valence-corrected chi connectivity index (χ3v) is 7.77. The Balaban J connectivity index is 1.11. The van der Waals surface area contributed by atoms with Crippen LogP contribution in [0.15, 0.2) is 48.5 Å². The molecular formula is C29H38N6. The first kappa shape index (κ1) is 23.9. The van der Waals surface area contributed by atoms with Crippen LogP contribution in [0.3, 0.4) is 0 Å². The van der Waals surface area contributed by atoms with Gasteiger partial charge in [0.25, 0.3) is 0 Å². The van der Waals surface area contributed by atoms with Crippen molar-refractivity contribution in [1.29, 1.82) is 5.26 Å². The number of piperidine rings is 1. The van der Waals surface area contributed by atoms with E-state index in [1.165, 1.54) is 50.3 Å². The molecule has 3 aromatic rings. The molecule has 5 rings (SSSR count). The summed E-state index contributed by atoms with van der Waals surface area (Å²) in [6.07, 6.45) is 2.38. The number of nitriles is 1. The van der Waals surface area contributed by atoms with E-state index in [0.29, 0.717) is 17.6 Å². The van der Waals surface area contributed by atoms with Crippen LogP contribution in [0.4, 0.5) is 5.69 Å². The van der Waals surface area contributed by atoms with Gasteiger partial charge in [-0.2, -0.15) is 5.26 Å². The van der Waals surface area contributed by atoms with E-state index >= 15 is 0 Å². The topological polar surface area (TPSA) is 61.3 Å². The molecule has 0 atom stereocenters. The highest BCUT2D eigenvalue weighted by Gasteiger charge is 2.21. The smallest absolute Gasteiger partial charge is 0.0991 e. The zero-order valence-corrected chi connectivity index (χ0v) is 21.1. The largest absolute Gasteiger partial charge is 0.371 e. The normalized spacial score (nSPS) is 18.4. The summed E-state index contributed by atoms with van der Waals surface area (Å²) in [4.78, 5) is 11.2. The monoisotopic (exact) mass is 470 g/mol. The maximum Gasteiger partial charge on any atom is 0.0991 e. The minimum absolute atomic E-state index is 0.620. The number of piperazine rings is 1. The van der Waals surface area contributed by atoms with Crippen molar-refractivity contribution in [3.8, 4) is 17.3 Å². The summed E-state index contributed by atoms with van der Waals surface area (Å²) in [5.74, 6) is 0. The summed E-state index contributed by atoms with van der Waals surface area (Å²) in [7, 11) is 0. The molecule has 184 valence electrons. The molecule has 0 amide bonds. The Labute approximate surface area is 209 Å². The zero-order valence-electron chi connectivity index (χ0n) is 21.1. The molecule has 6 heteroatoms. The number of anilines is 1. The van der Waals surface area contributed by atoms with Crippen LogP contribution in [0.1, 0.15) is 32.3 Å². The van der Waals surface area contributed by atoms with Gasteiger partial charge in [-0.1, -0.05) is 12.1 Å². The van der Waals surface area contributed by atoms with Crippen LogP contribution < -0.4 is 10.2 Å². The highest BCUT2D eigenvalue weighted by Crippen LogP contribution is 2.29. The van der Waals surface area contributed by atoms with Crippen molar-refractivity contribution in [3.63, 3.8) is 0 Å². The first-order valence-electron chi connectivity index (χ1n) is 13.2. The minimum atomic E-state index is 0.620.